The summed E-state index contributed by atoms with van der Waals surface area (Å²) >= 11 is 0. The lowest BCUT2D eigenvalue weighted by atomic mass is 10.2. The SMILES string of the molecule is OCc1cc(F)cc(OCC(F)(F)F)c1. The number of aliphatic hydroxyl groups excluding tert-OH is 1. The van der Waals surface area contributed by atoms with Crippen molar-refractivity contribution in [1.29, 1.82) is 0 Å². The summed E-state index contributed by atoms with van der Waals surface area (Å²) in [6.45, 7) is -1.94. The van der Waals surface area contributed by atoms with E-state index in [1.807, 2.05) is 0 Å². The number of hydrogen-bond donors (Lipinski definition) is 1. The third kappa shape index (κ3) is 4.16. The van der Waals surface area contributed by atoms with Gasteiger partial charge >= 0.3 is 6.18 Å². The summed E-state index contributed by atoms with van der Waals surface area (Å²) in [6, 6.07) is 2.99. The van der Waals surface area contributed by atoms with E-state index in [2.05, 4.69) is 4.74 Å². The van der Waals surface area contributed by atoms with Crippen LogP contribution in [0.4, 0.5) is 17.6 Å². The van der Waals surface area contributed by atoms with Crippen molar-refractivity contribution in [2.45, 2.75) is 12.8 Å². The van der Waals surface area contributed by atoms with Crippen molar-refractivity contribution < 1.29 is 27.4 Å². The Balaban J connectivity index is 2.73. The monoisotopic (exact) mass is 224 g/mol. The van der Waals surface area contributed by atoms with Crippen LogP contribution >= 0.6 is 0 Å². The maximum atomic E-state index is 12.8. The van der Waals surface area contributed by atoms with Crippen LogP contribution in [0, 0.1) is 5.82 Å². The van der Waals surface area contributed by atoms with E-state index in [9.17, 15) is 17.6 Å². The van der Waals surface area contributed by atoms with Crippen molar-refractivity contribution in [2.24, 2.45) is 0 Å². The van der Waals surface area contributed by atoms with E-state index in [0.29, 0.717) is 0 Å². The van der Waals surface area contributed by atoms with Crippen LogP contribution in [0.25, 0.3) is 0 Å². The molecular formula is C9H8F4O2. The summed E-state index contributed by atoms with van der Waals surface area (Å²) in [5, 5.41) is 8.67. The fourth-order valence-corrected chi connectivity index (χ4v) is 0.961. The Bertz CT molecular complexity index is 335. The van der Waals surface area contributed by atoms with Crippen LogP contribution in [0.2, 0.25) is 0 Å². The summed E-state index contributed by atoms with van der Waals surface area (Å²) in [4.78, 5) is 0. The standard InChI is InChI=1S/C9H8F4O2/c10-7-1-6(4-14)2-8(3-7)15-5-9(11,12)13/h1-3,14H,4-5H2. The molecule has 0 aromatic heterocycles. The molecule has 1 N–H and O–H groups in total. The molecule has 0 fully saturated rings. The average molecular weight is 224 g/mol. The molecule has 0 aliphatic rings. The molecule has 2 nitrogen and oxygen atoms in total. The highest BCUT2D eigenvalue weighted by Crippen LogP contribution is 2.20. The van der Waals surface area contributed by atoms with Crippen molar-refractivity contribution in [3.8, 4) is 5.75 Å². The molecule has 1 aromatic carbocycles. The zero-order chi connectivity index (χ0) is 11.5. The third-order valence-electron chi connectivity index (χ3n) is 1.52. The van der Waals surface area contributed by atoms with Gasteiger partial charge in [-0.3, -0.25) is 0 Å². The van der Waals surface area contributed by atoms with Gasteiger partial charge in [0, 0.05) is 6.07 Å². The molecule has 6 heteroatoms. The topological polar surface area (TPSA) is 29.5 Å². The molecule has 84 valence electrons. The molecule has 0 bridgehead atoms. The van der Waals surface area contributed by atoms with Crippen LogP contribution in [0.5, 0.6) is 5.75 Å². The fraction of sp³-hybridized carbons (Fsp3) is 0.333. The Kier molecular flexibility index (Phi) is 3.52. The predicted molar refractivity (Wildman–Crippen MR) is 43.9 cm³/mol. The van der Waals surface area contributed by atoms with Crippen molar-refractivity contribution >= 4 is 0 Å². The summed E-state index contributed by atoms with van der Waals surface area (Å²) < 4.78 is 52.3. The average Bonchev–Trinajstić information content (AvgIpc) is 2.13. The van der Waals surface area contributed by atoms with Gasteiger partial charge in [-0.15, -0.1) is 0 Å². The summed E-state index contributed by atoms with van der Waals surface area (Å²) in [6.07, 6.45) is -4.47. The molecule has 0 saturated heterocycles. The van der Waals surface area contributed by atoms with Crippen LogP contribution in [-0.4, -0.2) is 17.9 Å². The minimum atomic E-state index is -4.47. The van der Waals surface area contributed by atoms with E-state index < -0.39 is 25.2 Å². The highest BCUT2D eigenvalue weighted by molar-refractivity contribution is 5.29. The summed E-state index contributed by atoms with van der Waals surface area (Å²) in [7, 11) is 0. The lowest BCUT2D eigenvalue weighted by Gasteiger charge is -2.09. The Morgan fingerprint density at radius 2 is 1.87 bits per heavy atom. The predicted octanol–water partition coefficient (Wildman–Crippen LogP) is 2.26. The van der Waals surface area contributed by atoms with Gasteiger partial charge in [-0.05, 0) is 17.7 Å². The van der Waals surface area contributed by atoms with Crippen LogP contribution in [0.15, 0.2) is 18.2 Å². The molecule has 0 saturated carbocycles. The van der Waals surface area contributed by atoms with Crippen LogP contribution < -0.4 is 4.74 Å². The number of benzene rings is 1. The second-order valence-electron chi connectivity index (χ2n) is 2.86. The maximum absolute atomic E-state index is 12.8. The number of alkyl halides is 3. The van der Waals surface area contributed by atoms with Gasteiger partial charge in [-0.2, -0.15) is 13.2 Å². The van der Waals surface area contributed by atoms with E-state index in [4.69, 9.17) is 5.11 Å². The van der Waals surface area contributed by atoms with Crippen molar-refractivity contribution in [2.75, 3.05) is 6.61 Å². The van der Waals surface area contributed by atoms with Crippen molar-refractivity contribution in [1.82, 2.24) is 0 Å². The molecule has 1 rings (SSSR count). The quantitative estimate of drug-likeness (QED) is 0.798. The van der Waals surface area contributed by atoms with Crippen LogP contribution in [0.3, 0.4) is 0 Å². The molecule has 0 aliphatic carbocycles. The molecule has 1 aromatic rings. The molecule has 0 atom stereocenters. The summed E-state index contributed by atoms with van der Waals surface area (Å²) in [5.41, 5.74) is 0.159. The first kappa shape index (κ1) is 11.8. The molecule has 0 aliphatic heterocycles. The Morgan fingerprint density at radius 3 is 2.40 bits per heavy atom. The highest BCUT2D eigenvalue weighted by Gasteiger charge is 2.28. The largest absolute Gasteiger partial charge is 0.484 e. The second kappa shape index (κ2) is 4.48. The Labute approximate surface area is 83.1 Å². The van der Waals surface area contributed by atoms with Gasteiger partial charge < -0.3 is 9.84 Å². The van der Waals surface area contributed by atoms with E-state index in [0.717, 1.165) is 18.2 Å². The van der Waals surface area contributed by atoms with Crippen molar-refractivity contribution in [3.05, 3.63) is 29.6 Å². The summed E-state index contributed by atoms with van der Waals surface area (Å²) in [5.74, 6) is -1.00. The molecule has 0 spiro atoms. The normalized spacial score (nSPS) is 11.5. The van der Waals surface area contributed by atoms with Gasteiger partial charge in [0.05, 0.1) is 6.61 Å². The van der Waals surface area contributed by atoms with Gasteiger partial charge in [-0.25, -0.2) is 4.39 Å². The zero-order valence-electron chi connectivity index (χ0n) is 7.51. The van der Waals surface area contributed by atoms with Crippen LogP contribution in [-0.2, 0) is 6.61 Å². The van der Waals surface area contributed by atoms with Gasteiger partial charge in [-0.1, -0.05) is 0 Å². The molecule has 0 unspecified atom stereocenters. The fourth-order valence-electron chi connectivity index (χ4n) is 0.961. The van der Waals surface area contributed by atoms with E-state index >= 15 is 0 Å². The van der Waals surface area contributed by atoms with Gasteiger partial charge in [0.25, 0.3) is 0 Å². The minimum absolute atomic E-state index is 0.159. The number of rotatable bonds is 3. The van der Waals surface area contributed by atoms with Gasteiger partial charge in [0.2, 0.25) is 0 Å². The Morgan fingerprint density at radius 1 is 1.20 bits per heavy atom. The van der Waals surface area contributed by atoms with E-state index in [1.54, 1.807) is 0 Å². The molecular weight excluding hydrogens is 216 g/mol. The number of halogens is 4. The number of aliphatic hydroxyl groups is 1. The highest BCUT2D eigenvalue weighted by atomic mass is 19.4. The second-order valence-corrected chi connectivity index (χ2v) is 2.86. The molecule has 15 heavy (non-hydrogen) atoms. The first-order chi connectivity index (χ1) is 6.90. The third-order valence-corrected chi connectivity index (χ3v) is 1.52. The lowest BCUT2D eigenvalue weighted by molar-refractivity contribution is -0.153. The first-order valence-electron chi connectivity index (χ1n) is 4.00. The minimum Gasteiger partial charge on any atom is -0.484 e. The van der Waals surface area contributed by atoms with Gasteiger partial charge in [0.15, 0.2) is 6.61 Å². The van der Waals surface area contributed by atoms with E-state index in [1.165, 1.54) is 0 Å². The molecule has 0 amide bonds. The Hall–Kier alpha value is -1.30. The van der Waals surface area contributed by atoms with Crippen molar-refractivity contribution in [3.63, 3.8) is 0 Å². The maximum Gasteiger partial charge on any atom is 0.422 e. The number of hydrogen-bond acceptors (Lipinski definition) is 2. The zero-order valence-corrected chi connectivity index (χ0v) is 7.51. The van der Waals surface area contributed by atoms with E-state index in [-0.39, 0.29) is 11.3 Å². The first-order valence-corrected chi connectivity index (χ1v) is 4.00. The molecule has 0 heterocycles. The van der Waals surface area contributed by atoms with Gasteiger partial charge in [0.1, 0.15) is 11.6 Å². The lowest BCUT2D eigenvalue weighted by Crippen LogP contribution is -2.19. The molecule has 0 radical (unpaired) electrons. The van der Waals surface area contributed by atoms with Crippen LogP contribution in [0.1, 0.15) is 5.56 Å². The number of ether oxygens (including phenoxy) is 1. The smallest absolute Gasteiger partial charge is 0.422 e.